The van der Waals surface area contributed by atoms with Crippen molar-refractivity contribution in [2.75, 3.05) is 0 Å². The van der Waals surface area contributed by atoms with Crippen molar-refractivity contribution in [3.8, 4) is 5.75 Å². The van der Waals surface area contributed by atoms with Gasteiger partial charge in [-0.3, -0.25) is 0 Å². The fourth-order valence-electron chi connectivity index (χ4n) is 2.00. The first kappa shape index (κ1) is 14.8. The van der Waals surface area contributed by atoms with Crippen LogP contribution in [0.3, 0.4) is 0 Å². The van der Waals surface area contributed by atoms with E-state index in [1.807, 2.05) is 24.3 Å². The Morgan fingerprint density at radius 3 is 2.30 bits per heavy atom. The zero-order valence-corrected chi connectivity index (χ0v) is 11.8. The predicted molar refractivity (Wildman–Crippen MR) is 76.6 cm³/mol. The van der Waals surface area contributed by atoms with Gasteiger partial charge < -0.3 is 4.74 Å². The average molecular weight is 297 g/mol. The molecular weight excluding hydrogens is 282 g/mol. The Labute approximate surface area is 122 Å². The van der Waals surface area contributed by atoms with Crippen LogP contribution >= 0.6 is 11.6 Å². The average Bonchev–Trinajstić information content (AvgIpc) is 2.46. The summed E-state index contributed by atoms with van der Waals surface area (Å²) in [6, 6.07) is 14.4. The van der Waals surface area contributed by atoms with Crippen LogP contribution in [0.1, 0.15) is 29.0 Å². The van der Waals surface area contributed by atoms with Crippen LogP contribution in [0.4, 0.5) is 8.78 Å². The number of rotatable bonds is 5. The smallest absolute Gasteiger partial charge is 0.387 e. The van der Waals surface area contributed by atoms with Gasteiger partial charge in [0.05, 0.1) is 5.38 Å². The van der Waals surface area contributed by atoms with Gasteiger partial charge in [-0.2, -0.15) is 8.78 Å². The normalized spacial score (nSPS) is 12.4. The molecule has 0 aliphatic heterocycles. The summed E-state index contributed by atoms with van der Waals surface area (Å²) in [6.45, 7) is -0.790. The third-order valence-corrected chi connectivity index (χ3v) is 3.58. The minimum atomic E-state index is -2.86. The number of hydrogen-bond donors (Lipinski definition) is 0. The summed E-state index contributed by atoms with van der Waals surface area (Å²) in [4.78, 5) is 0. The van der Waals surface area contributed by atoms with Crippen LogP contribution in [0.5, 0.6) is 5.75 Å². The second-order valence-electron chi connectivity index (χ2n) is 4.37. The third-order valence-electron chi connectivity index (χ3n) is 3.09. The molecule has 0 saturated carbocycles. The van der Waals surface area contributed by atoms with Gasteiger partial charge in [0.2, 0.25) is 0 Å². The lowest BCUT2D eigenvalue weighted by atomic mass is 10.0. The van der Waals surface area contributed by atoms with Gasteiger partial charge in [0, 0.05) is 5.56 Å². The van der Waals surface area contributed by atoms with E-state index in [0.29, 0.717) is 5.56 Å². The molecule has 0 saturated heterocycles. The van der Waals surface area contributed by atoms with E-state index in [1.165, 1.54) is 11.6 Å². The summed E-state index contributed by atoms with van der Waals surface area (Å²) in [7, 11) is 0. The van der Waals surface area contributed by atoms with Crippen molar-refractivity contribution in [3.63, 3.8) is 0 Å². The van der Waals surface area contributed by atoms with E-state index in [2.05, 4.69) is 11.7 Å². The second-order valence-corrected chi connectivity index (χ2v) is 4.81. The van der Waals surface area contributed by atoms with Gasteiger partial charge in [0.25, 0.3) is 0 Å². The van der Waals surface area contributed by atoms with Gasteiger partial charge in [-0.05, 0) is 23.6 Å². The molecule has 1 nitrogen and oxygen atoms in total. The van der Waals surface area contributed by atoms with Crippen LogP contribution in [0.25, 0.3) is 0 Å². The highest BCUT2D eigenvalue weighted by molar-refractivity contribution is 6.22. The van der Waals surface area contributed by atoms with Crippen LogP contribution in [0.15, 0.2) is 48.5 Å². The quantitative estimate of drug-likeness (QED) is 0.691. The van der Waals surface area contributed by atoms with Crippen molar-refractivity contribution in [1.29, 1.82) is 0 Å². The Bertz CT molecular complexity index is 555. The largest absolute Gasteiger partial charge is 0.434 e. The molecule has 4 heteroatoms. The molecule has 0 spiro atoms. The number of hydrogen-bond acceptors (Lipinski definition) is 1. The Balaban J connectivity index is 2.29. The fourth-order valence-corrected chi connectivity index (χ4v) is 2.32. The molecule has 1 unspecified atom stereocenters. The molecule has 0 N–H and O–H groups in total. The zero-order valence-electron chi connectivity index (χ0n) is 11.0. The highest BCUT2D eigenvalue weighted by Gasteiger charge is 2.17. The van der Waals surface area contributed by atoms with Crippen LogP contribution < -0.4 is 4.74 Å². The van der Waals surface area contributed by atoms with Crippen LogP contribution in [-0.2, 0) is 6.42 Å². The molecule has 0 amide bonds. The molecular formula is C16H15ClF2O. The van der Waals surface area contributed by atoms with Gasteiger partial charge in [-0.1, -0.05) is 49.4 Å². The van der Waals surface area contributed by atoms with Gasteiger partial charge in [-0.25, -0.2) is 0 Å². The monoisotopic (exact) mass is 296 g/mol. The number of aryl methyl sites for hydroxylation is 1. The maximum absolute atomic E-state index is 12.4. The summed E-state index contributed by atoms with van der Waals surface area (Å²) in [5, 5.41) is -0.518. The Morgan fingerprint density at radius 1 is 1.05 bits per heavy atom. The van der Waals surface area contributed by atoms with E-state index in [4.69, 9.17) is 11.6 Å². The summed E-state index contributed by atoms with van der Waals surface area (Å²) >= 11 is 6.39. The highest BCUT2D eigenvalue weighted by atomic mass is 35.5. The van der Waals surface area contributed by atoms with Crippen LogP contribution in [0, 0.1) is 0 Å². The maximum Gasteiger partial charge on any atom is 0.387 e. The summed E-state index contributed by atoms with van der Waals surface area (Å²) < 4.78 is 29.3. The minimum Gasteiger partial charge on any atom is -0.434 e. The molecule has 0 aliphatic rings. The summed E-state index contributed by atoms with van der Waals surface area (Å²) in [5.74, 6) is 0.113. The summed E-state index contributed by atoms with van der Waals surface area (Å²) in [6.07, 6.45) is 0.943. The predicted octanol–water partition coefficient (Wildman–Crippen LogP) is 5.18. The second kappa shape index (κ2) is 6.71. The molecule has 0 aliphatic carbocycles. The first-order chi connectivity index (χ1) is 9.61. The van der Waals surface area contributed by atoms with E-state index in [-0.39, 0.29) is 5.75 Å². The zero-order chi connectivity index (χ0) is 14.5. The first-order valence-corrected chi connectivity index (χ1v) is 6.82. The van der Waals surface area contributed by atoms with E-state index in [0.717, 1.165) is 12.0 Å². The molecule has 0 heterocycles. The third kappa shape index (κ3) is 3.48. The van der Waals surface area contributed by atoms with Crippen molar-refractivity contribution < 1.29 is 13.5 Å². The van der Waals surface area contributed by atoms with Gasteiger partial charge >= 0.3 is 6.61 Å². The highest BCUT2D eigenvalue weighted by Crippen LogP contribution is 2.35. The van der Waals surface area contributed by atoms with Crippen molar-refractivity contribution in [2.24, 2.45) is 0 Å². The molecule has 0 aromatic heterocycles. The standard InChI is InChI=1S/C16H15ClF2O/c1-2-11-7-9-12(10-8-11)15(17)13-5-3-4-6-14(13)20-16(18)19/h3-10,15-16H,2H2,1H3. The number of benzene rings is 2. The Morgan fingerprint density at radius 2 is 1.70 bits per heavy atom. The molecule has 20 heavy (non-hydrogen) atoms. The fraction of sp³-hybridized carbons (Fsp3) is 0.250. The van der Waals surface area contributed by atoms with Crippen molar-refractivity contribution in [3.05, 3.63) is 65.2 Å². The van der Waals surface area contributed by atoms with E-state index in [1.54, 1.807) is 18.2 Å². The molecule has 106 valence electrons. The molecule has 0 fully saturated rings. The van der Waals surface area contributed by atoms with E-state index >= 15 is 0 Å². The van der Waals surface area contributed by atoms with Gasteiger partial charge in [-0.15, -0.1) is 11.6 Å². The lowest BCUT2D eigenvalue weighted by Gasteiger charge is -2.15. The SMILES string of the molecule is CCc1ccc(C(Cl)c2ccccc2OC(F)F)cc1. The Kier molecular flexibility index (Phi) is 4.96. The molecule has 2 aromatic carbocycles. The van der Waals surface area contributed by atoms with Crippen LogP contribution in [0.2, 0.25) is 0 Å². The summed E-state index contributed by atoms with van der Waals surface area (Å²) in [5.41, 5.74) is 2.60. The molecule has 1 atom stereocenters. The topological polar surface area (TPSA) is 9.23 Å². The maximum atomic E-state index is 12.4. The minimum absolute atomic E-state index is 0.113. The number of halogens is 3. The van der Waals surface area contributed by atoms with Crippen LogP contribution in [-0.4, -0.2) is 6.61 Å². The first-order valence-electron chi connectivity index (χ1n) is 6.38. The van der Waals surface area contributed by atoms with Crippen molar-refractivity contribution in [2.45, 2.75) is 25.3 Å². The van der Waals surface area contributed by atoms with Gasteiger partial charge in [0.1, 0.15) is 5.75 Å². The van der Waals surface area contributed by atoms with E-state index in [9.17, 15) is 8.78 Å². The molecule has 2 aromatic rings. The number of alkyl halides is 3. The van der Waals surface area contributed by atoms with Crippen molar-refractivity contribution in [1.82, 2.24) is 0 Å². The lowest BCUT2D eigenvalue weighted by molar-refractivity contribution is -0.0504. The van der Waals surface area contributed by atoms with Gasteiger partial charge in [0.15, 0.2) is 0 Å². The molecule has 2 rings (SSSR count). The Hall–Kier alpha value is -1.61. The molecule has 0 radical (unpaired) electrons. The molecule has 0 bridgehead atoms. The van der Waals surface area contributed by atoms with Crippen molar-refractivity contribution >= 4 is 11.6 Å². The van der Waals surface area contributed by atoms with E-state index < -0.39 is 12.0 Å². The number of ether oxygens (including phenoxy) is 1. The lowest BCUT2D eigenvalue weighted by Crippen LogP contribution is -2.05. The number of para-hydroxylation sites is 1.